The zero-order valence-corrected chi connectivity index (χ0v) is 15.1. The fourth-order valence-electron chi connectivity index (χ4n) is 2.42. The highest BCUT2D eigenvalue weighted by atomic mass is 16.2. The van der Waals surface area contributed by atoms with E-state index >= 15 is 0 Å². The van der Waals surface area contributed by atoms with Crippen LogP contribution in [-0.4, -0.2) is 29.7 Å². The third-order valence-corrected chi connectivity index (χ3v) is 3.82. The molecule has 0 saturated carbocycles. The van der Waals surface area contributed by atoms with Crippen molar-refractivity contribution in [2.75, 3.05) is 0 Å². The van der Waals surface area contributed by atoms with Crippen molar-refractivity contribution in [2.45, 2.75) is 51.5 Å². The molecule has 8 nitrogen and oxygen atoms in total. The van der Waals surface area contributed by atoms with Crippen LogP contribution in [0, 0.1) is 5.41 Å². The van der Waals surface area contributed by atoms with Crippen molar-refractivity contribution in [1.29, 1.82) is 5.41 Å². The molecule has 142 valence electrons. The van der Waals surface area contributed by atoms with Gasteiger partial charge in [-0.15, -0.1) is 0 Å². The van der Waals surface area contributed by atoms with Crippen molar-refractivity contribution in [2.24, 2.45) is 22.2 Å². The van der Waals surface area contributed by atoms with Gasteiger partial charge in [0, 0.05) is 18.4 Å². The molecule has 26 heavy (non-hydrogen) atoms. The van der Waals surface area contributed by atoms with E-state index in [1.165, 1.54) is 0 Å². The molecule has 0 aliphatic carbocycles. The van der Waals surface area contributed by atoms with Gasteiger partial charge < -0.3 is 17.2 Å². The quantitative estimate of drug-likeness (QED) is 0.236. The molecule has 1 atom stereocenters. The van der Waals surface area contributed by atoms with Gasteiger partial charge in [-0.05, 0) is 12.0 Å². The molecule has 1 aromatic carbocycles. The first-order chi connectivity index (χ1) is 12.3. The minimum absolute atomic E-state index is 0.0382. The Balaban J connectivity index is 2.70. The molecular formula is C18H28N6O2. The molecule has 0 aliphatic heterocycles. The number of carbonyl (C=O) groups excluding carboxylic acids is 2. The van der Waals surface area contributed by atoms with Crippen molar-refractivity contribution in [3.05, 3.63) is 35.4 Å². The first-order valence-electron chi connectivity index (χ1n) is 8.69. The Morgan fingerprint density at radius 3 is 2.31 bits per heavy atom. The lowest BCUT2D eigenvalue weighted by Gasteiger charge is -2.13. The summed E-state index contributed by atoms with van der Waals surface area (Å²) >= 11 is 0. The summed E-state index contributed by atoms with van der Waals surface area (Å²) in [4.78, 5) is 28.2. The third kappa shape index (κ3) is 7.78. The largest absolute Gasteiger partial charge is 0.384 e. The van der Waals surface area contributed by atoms with Crippen molar-refractivity contribution >= 4 is 23.6 Å². The van der Waals surface area contributed by atoms with E-state index in [0.717, 1.165) is 31.2 Å². The number of imide groups is 1. The maximum absolute atomic E-state index is 12.4. The van der Waals surface area contributed by atoms with E-state index in [1.54, 1.807) is 24.3 Å². The molecule has 0 radical (unpaired) electrons. The Labute approximate surface area is 153 Å². The van der Waals surface area contributed by atoms with E-state index in [4.69, 9.17) is 22.6 Å². The maximum atomic E-state index is 12.4. The molecule has 0 fully saturated rings. The number of aliphatic imine (C=N–C) groups is 1. The van der Waals surface area contributed by atoms with Gasteiger partial charge in [0.05, 0.1) is 0 Å². The first-order valence-corrected chi connectivity index (χ1v) is 8.69. The van der Waals surface area contributed by atoms with E-state index in [9.17, 15) is 9.59 Å². The smallest absolute Gasteiger partial charge is 0.251 e. The van der Waals surface area contributed by atoms with E-state index in [2.05, 4.69) is 17.2 Å². The summed E-state index contributed by atoms with van der Waals surface area (Å²) in [6.45, 7) is 2.09. The number of hydrogen-bond acceptors (Lipinski definition) is 4. The number of hydrogen-bond donors (Lipinski definition) is 5. The van der Waals surface area contributed by atoms with Crippen molar-refractivity contribution < 1.29 is 9.59 Å². The predicted octanol–water partition coefficient (Wildman–Crippen LogP) is 0.768. The lowest BCUT2D eigenvalue weighted by Crippen LogP contribution is -2.40. The lowest BCUT2D eigenvalue weighted by molar-refractivity contribution is -0.131. The minimum atomic E-state index is -0.900. The number of amidine groups is 1. The highest BCUT2D eigenvalue weighted by Crippen LogP contribution is 2.09. The summed E-state index contributed by atoms with van der Waals surface area (Å²) in [7, 11) is 0. The predicted molar refractivity (Wildman–Crippen MR) is 103 cm³/mol. The van der Waals surface area contributed by atoms with Gasteiger partial charge in [0.1, 0.15) is 11.9 Å². The molecular weight excluding hydrogens is 332 g/mol. The first kappa shape index (κ1) is 21.1. The number of carbonyl (C=O) groups is 2. The Kier molecular flexibility index (Phi) is 8.83. The number of guanidine groups is 1. The van der Waals surface area contributed by atoms with Gasteiger partial charge in [0.15, 0.2) is 5.96 Å². The molecule has 0 bridgehead atoms. The fraction of sp³-hybridized carbons (Fsp3) is 0.444. The van der Waals surface area contributed by atoms with E-state index in [1.807, 2.05) is 0 Å². The fourth-order valence-corrected chi connectivity index (χ4v) is 2.42. The highest BCUT2D eigenvalue weighted by molar-refractivity contribution is 5.99. The molecule has 8 N–H and O–H groups in total. The second-order valence-corrected chi connectivity index (χ2v) is 6.11. The van der Waals surface area contributed by atoms with Crippen LogP contribution < -0.4 is 22.5 Å². The van der Waals surface area contributed by atoms with E-state index < -0.39 is 11.9 Å². The summed E-state index contributed by atoms with van der Waals surface area (Å²) in [6.07, 6.45) is 4.37. The van der Waals surface area contributed by atoms with Crippen LogP contribution in [0.1, 0.15) is 50.2 Å². The SMILES string of the molecule is CCCCCCC(=O)NC(=O)[C@H](Cc1ccc(C(=N)N)cc1)N=C(N)N. The molecule has 0 aliphatic rings. The van der Waals surface area contributed by atoms with Crippen LogP contribution in [0.25, 0.3) is 0 Å². The number of amides is 2. The normalized spacial score (nSPS) is 11.4. The summed E-state index contributed by atoms with van der Waals surface area (Å²) < 4.78 is 0. The standard InChI is InChI=1S/C18H28N6O2/c1-2-3-4-5-6-15(25)24-17(26)14(23-18(21)22)11-12-7-9-13(10-8-12)16(19)20/h7-10,14H,2-6,11H2,1H3,(H3,19,20)(H4,21,22,23)(H,24,25,26)/t14-/m0/s1. The van der Waals surface area contributed by atoms with Crippen LogP contribution in [0.2, 0.25) is 0 Å². The molecule has 0 heterocycles. The van der Waals surface area contributed by atoms with Gasteiger partial charge in [0.25, 0.3) is 5.91 Å². The molecule has 2 amide bonds. The van der Waals surface area contributed by atoms with Gasteiger partial charge in [-0.1, -0.05) is 50.5 Å². The number of benzene rings is 1. The maximum Gasteiger partial charge on any atom is 0.251 e. The number of nitrogen functional groups attached to an aromatic ring is 1. The van der Waals surface area contributed by atoms with Crippen molar-refractivity contribution in [3.63, 3.8) is 0 Å². The second-order valence-electron chi connectivity index (χ2n) is 6.11. The zero-order chi connectivity index (χ0) is 19.5. The van der Waals surface area contributed by atoms with Crippen LogP contribution in [0.3, 0.4) is 0 Å². The topological polar surface area (TPSA) is 160 Å². The van der Waals surface area contributed by atoms with Crippen LogP contribution in [0.5, 0.6) is 0 Å². The number of nitrogens with one attached hydrogen (secondary N) is 2. The zero-order valence-electron chi connectivity index (χ0n) is 15.1. The van der Waals surface area contributed by atoms with Crippen LogP contribution in [0.15, 0.2) is 29.3 Å². The molecule has 1 rings (SSSR count). The van der Waals surface area contributed by atoms with Gasteiger partial charge >= 0.3 is 0 Å². The Hall–Kier alpha value is -2.90. The van der Waals surface area contributed by atoms with Gasteiger partial charge in [-0.3, -0.25) is 20.3 Å². The monoisotopic (exact) mass is 360 g/mol. The van der Waals surface area contributed by atoms with Crippen LogP contribution >= 0.6 is 0 Å². The molecule has 0 aromatic heterocycles. The van der Waals surface area contributed by atoms with Gasteiger partial charge in [-0.2, -0.15) is 0 Å². The summed E-state index contributed by atoms with van der Waals surface area (Å²) in [5, 5.41) is 9.75. The summed E-state index contributed by atoms with van der Waals surface area (Å²) in [5.41, 5.74) is 17.6. The average Bonchev–Trinajstić information content (AvgIpc) is 2.58. The molecule has 1 aromatic rings. The summed E-state index contributed by atoms with van der Waals surface area (Å²) in [5.74, 6) is -1.12. The minimum Gasteiger partial charge on any atom is -0.384 e. The van der Waals surface area contributed by atoms with Gasteiger partial charge in [0.2, 0.25) is 5.91 Å². The third-order valence-electron chi connectivity index (χ3n) is 3.82. The van der Waals surface area contributed by atoms with E-state index in [-0.39, 0.29) is 24.1 Å². The molecule has 0 spiro atoms. The Morgan fingerprint density at radius 1 is 1.12 bits per heavy atom. The van der Waals surface area contributed by atoms with Crippen molar-refractivity contribution in [1.82, 2.24) is 5.32 Å². The lowest BCUT2D eigenvalue weighted by atomic mass is 10.0. The van der Waals surface area contributed by atoms with Crippen molar-refractivity contribution in [3.8, 4) is 0 Å². The Morgan fingerprint density at radius 2 is 1.77 bits per heavy atom. The summed E-state index contributed by atoms with van der Waals surface area (Å²) in [6, 6.07) is 5.95. The van der Waals surface area contributed by atoms with Crippen LogP contribution in [0.4, 0.5) is 0 Å². The average molecular weight is 360 g/mol. The van der Waals surface area contributed by atoms with Crippen LogP contribution in [-0.2, 0) is 16.0 Å². The molecule has 0 saturated heterocycles. The number of nitrogens with two attached hydrogens (primary N) is 3. The van der Waals surface area contributed by atoms with Gasteiger partial charge in [-0.25, -0.2) is 4.99 Å². The molecule has 0 unspecified atom stereocenters. The number of rotatable bonds is 10. The highest BCUT2D eigenvalue weighted by Gasteiger charge is 2.20. The number of unbranched alkanes of at least 4 members (excludes halogenated alkanes) is 3. The Bertz CT molecular complexity index is 650. The second kappa shape index (κ2) is 10.9. The van der Waals surface area contributed by atoms with E-state index in [0.29, 0.717) is 12.0 Å². The molecule has 8 heteroatoms. The number of nitrogens with zero attached hydrogens (tertiary/aromatic N) is 1.